The molecule has 0 unspecified atom stereocenters. The molecule has 0 rings (SSSR count). The second-order valence-corrected chi connectivity index (χ2v) is 4.61. The Balaban J connectivity index is 0. The minimum Gasteiger partial charge on any atom is -0.389 e. The fourth-order valence-corrected chi connectivity index (χ4v) is 1.89. The van der Waals surface area contributed by atoms with Crippen LogP contribution < -0.4 is 0 Å². The topological polar surface area (TPSA) is 101 Å². The van der Waals surface area contributed by atoms with Gasteiger partial charge in [0, 0.05) is 31.4 Å². The zero-order valence-corrected chi connectivity index (χ0v) is 12.6. The van der Waals surface area contributed by atoms with E-state index in [2.05, 4.69) is 0 Å². The van der Waals surface area contributed by atoms with Gasteiger partial charge in [-0.2, -0.15) is 0 Å². The summed E-state index contributed by atoms with van der Waals surface area (Å²) in [5, 5.41) is 37.7. The molecule has 4 N–H and O–H groups in total. The predicted molar refractivity (Wildman–Crippen MR) is 75.2 cm³/mol. The summed E-state index contributed by atoms with van der Waals surface area (Å²) in [4.78, 5) is 12.0. The van der Waals surface area contributed by atoms with Crippen molar-refractivity contribution >= 4 is 41.9 Å². The van der Waals surface area contributed by atoms with Gasteiger partial charge < -0.3 is 25.2 Å². The number of hydrogen-bond acceptors (Lipinski definition) is 6. The van der Waals surface area contributed by atoms with E-state index < -0.39 is 24.4 Å². The van der Waals surface area contributed by atoms with E-state index in [1.165, 1.54) is 0 Å². The van der Waals surface area contributed by atoms with Crippen molar-refractivity contribution in [2.24, 2.45) is 0 Å². The van der Waals surface area contributed by atoms with Crippen LogP contribution in [0.5, 0.6) is 0 Å². The maximum atomic E-state index is 10.3. The van der Waals surface area contributed by atoms with Crippen molar-refractivity contribution < 1.29 is 25.2 Å². The van der Waals surface area contributed by atoms with Crippen molar-refractivity contribution in [3.8, 4) is 0 Å². The Bertz CT molecular complexity index is 231. The highest BCUT2D eigenvalue weighted by molar-refractivity contribution is 6.18. The number of alkyl halides is 2. The van der Waals surface area contributed by atoms with Gasteiger partial charge in [0.2, 0.25) is 0 Å². The van der Waals surface area contributed by atoms with E-state index in [-0.39, 0.29) is 25.2 Å². The first-order chi connectivity index (χ1) is 8.47. The van der Waals surface area contributed by atoms with Crippen LogP contribution in [0.1, 0.15) is 0 Å². The Hall–Kier alpha value is 0.340. The summed E-state index contributed by atoms with van der Waals surface area (Å²) in [6.45, 7) is 0.956. The molecule has 0 bridgehead atoms. The number of aliphatic hydroxyl groups excluding tert-OH is 4. The Morgan fingerprint density at radius 3 is 1.84 bits per heavy atom. The first kappa shape index (κ1) is 21.6. The van der Waals surface area contributed by atoms with Crippen LogP contribution >= 0.6 is 35.6 Å². The molecule has 4 atom stereocenters. The SMILES string of the molecule is Cl.O=C[C@H](O)[C@@H](O)[C@@H](O)[C@H](O)CN(CCCl)CCCl. The molecule has 0 aromatic carbocycles. The molecule has 0 fully saturated rings. The van der Waals surface area contributed by atoms with Crippen LogP contribution in [-0.2, 0) is 4.79 Å². The number of carbonyl (C=O) groups is 1. The predicted octanol–water partition coefficient (Wildman–Crippen LogP) is -1.17. The fourth-order valence-electron chi connectivity index (χ4n) is 1.42. The third-order valence-corrected chi connectivity index (χ3v) is 2.82. The molecule has 9 heteroatoms. The molecule has 0 aromatic rings. The third-order valence-electron chi connectivity index (χ3n) is 2.48. The highest BCUT2D eigenvalue weighted by Crippen LogP contribution is 2.06. The average Bonchev–Trinajstić information content (AvgIpc) is 2.36. The largest absolute Gasteiger partial charge is 0.389 e. The van der Waals surface area contributed by atoms with Crippen LogP contribution in [0.2, 0.25) is 0 Å². The van der Waals surface area contributed by atoms with Gasteiger partial charge in [0.05, 0.1) is 6.10 Å². The summed E-state index contributed by atoms with van der Waals surface area (Å²) in [5.41, 5.74) is 0. The summed E-state index contributed by atoms with van der Waals surface area (Å²) < 4.78 is 0. The smallest absolute Gasteiger partial charge is 0.151 e. The lowest BCUT2D eigenvalue weighted by Crippen LogP contribution is -2.49. The van der Waals surface area contributed by atoms with E-state index in [0.29, 0.717) is 24.8 Å². The van der Waals surface area contributed by atoms with Gasteiger partial charge in [0.15, 0.2) is 6.29 Å². The van der Waals surface area contributed by atoms with Gasteiger partial charge in [0.25, 0.3) is 0 Å². The monoisotopic (exact) mass is 339 g/mol. The number of carbonyl (C=O) groups excluding carboxylic acids is 1. The van der Waals surface area contributed by atoms with Gasteiger partial charge in [-0.05, 0) is 0 Å². The van der Waals surface area contributed by atoms with Gasteiger partial charge in [-0.1, -0.05) is 0 Å². The third kappa shape index (κ3) is 8.27. The average molecular weight is 341 g/mol. The van der Waals surface area contributed by atoms with Crippen LogP contribution in [0.4, 0.5) is 0 Å². The molecule has 116 valence electrons. The molecule has 0 amide bonds. The van der Waals surface area contributed by atoms with Crippen molar-refractivity contribution in [3.05, 3.63) is 0 Å². The van der Waals surface area contributed by atoms with Crippen LogP contribution in [0, 0.1) is 0 Å². The van der Waals surface area contributed by atoms with Crippen LogP contribution in [0.3, 0.4) is 0 Å². The Morgan fingerprint density at radius 2 is 1.47 bits per heavy atom. The lowest BCUT2D eigenvalue weighted by molar-refractivity contribution is -0.134. The van der Waals surface area contributed by atoms with E-state index in [4.69, 9.17) is 28.3 Å². The quantitative estimate of drug-likeness (QED) is 0.295. The summed E-state index contributed by atoms with van der Waals surface area (Å²) in [7, 11) is 0. The highest BCUT2D eigenvalue weighted by atomic mass is 35.5. The lowest BCUT2D eigenvalue weighted by Gasteiger charge is -2.29. The van der Waals surface area contributed by atoms with Crippen molar-refractivity contribution in [1.82, 2.24) is 4.90 Å². The van der Waals surface area contributed by atoms with Crippen LogP contribution in [-0.4, -0.2) is 87.4 Å². The van der Waals surface area contributed by atoms with E-state index in [1.807, 2.05) is 0 Å². The van der Waals surface area contributed by atoms with Gasteiger partial charge in [-0.15, -0.1) is 35.6 Å². The van der Waals surface area contributed by atoms with Crippen LogP contribution in [0.15, 0.2) is 0 Å². The van der Waals surface area contributed by atoms with Gasteiger partial charge >= 0.3 is 0 Å². The minimum absolute atomic E-state index is 0. The molecule has 6 nitrogen and oxygen atoms in total. The molecule has 0 spiro atoms. The first-order valence-electron chi connectivity index (χ1n) is 5.49. The second kappa shape index (κ2) is 12.1. The normalized spacial score (nSPS) is 17.4. The summed E-state index contributed by atoms with van der Waals surface area (Å²) in [6, 6.07) is 0. The van der Waals surface area contributed by atoms with E-state index in [0.717, 1.165) is 0 Å². The van der Waals surface area contributed by atoms with Crippen molar-refractivity contribution in [2.75, 3.05) is 31.4 Å². The molecule has 0 radical (unpaired) electrons. The molecule has 0 aliphatic carbocycles. The van der Waals surface area contributed by atoms with Crippen molar-refractivity contribution in [1.29, 1.82) is 0 Å². The summed E-state index contributed by atoms with van der Waals surface area (Å²) in [6.07, 6.45) is -6.31. The van der Waals surface area contributed by atoms with Crippen molar-refractivity contribution in [3.63, 3.8) is 0 Å². The Morgan fingerprint density at radius 1 is 1.00 bits per heavy atom. The second-order valence-electron chi connectivity index (χ2n) is 3.85. The summed E-state index contributed by atoms with van der Waals surface area (Å²) >= 11 is 11.1. The molecule has 0 saturated carbocycles. The standard InChI is InChI=1S/C10H19Cl2NO5.ClH/c11-1-3-13(4-2-12)5-7(15)9(17)10(18)8(16)6-14;/h6-10,15-18H,1-5H2;1H/t7-,8+,9+,10-;/m1./s1. The molecule has 0 aromatic heterocycles. The maximum absolute atomic E-state index is 10.3. The number of hydrogen-bond donors (Lipinski definition) is 4. The van der Waals surface area contributed by atoms with Crippen LogP contribution in [0.25, 0.3) is 0 Å². The van der Waals surface area contributed by atoms with Gasteiger partial charge in [-0.25, -0.2) is 0 Å². The number of rotatable bonds is 10. The van der Waals surface area contributed by atoms with E-state index in [1.54, 1.807) is 4.90 Å². The molecule has 0 aliphatic rings. The van der Waals surface area contributed by atoms with E-state index >= 15 is 0 Å². The molecular formula is C10H20Cl3NO5. The molecule has 0 saturated heterocycles. The lowest BCUT2D eigenvalue weighted by atomic mass is 10.0. The zero-order valence-electron chi connectivity index (χ0n) is 10.2. The molecule has 0 aliphatic heterocycles. The Labute approximate surface area is 128 Å². The number of aliphatic hydroxyl groups is 4. The Kier molecular flexibility index (Phi) is 13.8. The summed E-state index contributed by atoms with van der Waals surface area (Å²) in [5.74, 6) is 0.665. The molecule has 19 heavy (non-hydrogen) atoms. The maximum Gasteiger partial charge on any atom is 0.151 e. The van der Waals surface area contributed by atoms with Crippen molar-refractivity contribution in [2.45, 2.75) is 24.4 Å². The number of aldehydes is 1. The molecular weight excluding hydrogens is 320 g/mol. The van der Waals surface area contributed by atoms with E-state index in [9.17, 15) is 20.1 Å². The van der Waals surface area contributed by atoms with Gasteiger partial charge in [-0.3, -0.25) is 4.90 Å². The number of nitrogens with zero attached hydrogens (tertiary/aromatic N) is 1. The highest BCUT2D eigenvalue weighted by Gasteiger charge is 2.30. The van der Waals surface area contributed by atoms with Gasteiger partial charge in [0.1, 0.15) is 18.3 Å². The first-order valence-corrected chi connectivity index (χ1v) is 6.56. The fraction of sp³-hybridized carbons (Fsp3) is 0.900. The molecule has 0 heterocycles. The zero-order chi connectivity index (χ0) is 14.1. The number of halogens is 3. The minimum atomic E-state index is -1.73.